The monoisotopic (exact) mass is 414 g/mol. The fraction of sp³-hybridized carbons (Fsp3) is 0.640. The van der Waals surface area contributed by atoms with Gasteiger partial charge < -0.3 is 10.0 Å². The van der Waals surface area contributed by atoms with Crippen molar-refractivity contribution in [1.29, 1.82) is 0 Å². The Labute approximate surface area is 181 Å². The molecule has 1 aromatic carbocycles. The molecule has 1 heterocycles. The van der Waals surface area contributed by atoms with E-state index in [2.05, 4.69) is 56.2 Å². The Kier molecular flexibility index (Phi) is 7.89. The number of rotatable bonds is 10. The first-order valence-electron chi connectivity index (χ1n) is 11.4. The maximum Gasteiger partial charge on any atom is 0.0961 e. The minimum atomic E-state index is 0.302. The second-order valence-corrected chi connectivity index (χ2v) is 10.1. The first kappa shape index (κ1) is 22.5. The topological polar surface area (TPSA) is 36.4 Å². The van der Waals surface area contributed by atoms with E-state index in [1.165, 1.54) is 41.0 Å². The highest BCUT2D eigenvalue weighted by atomic mass is 32.1. The summed E-state index contributed by atoms with van der Waals surface area (Å²) in [5.74, 6) is 0.484. The van der Waals surface area contributed by atoms with Gasteiger partial charge in [0, 0.05) is 23.5 Å². The number of hydrogen-bond acceptors (Lipinski definition) is 4. The van der Waals surface area contributed by atoms with Gasteiger partial charge in [0.1, 0.15) is 0 Å². The van der Waals surface area contributed by atoms with E-state index in [1.807, 2.05) is 11.3 Å². The Morgan fingerprint density at radius 1 is 1.24 bits per heavy atom. The van der Waals surface area contributed by atoms with Crippen LogP contribution in [0, 0.1) is 0 Å². The lowest BCUT2D eigenvalue weighted by Gasteiger charge is -2.32. The highest BCUT2D eigenvalue weighted by Gasteiger charge is 2.27. The van der Waals surface area contributed by atoms with Gasteiger partial charge >= 0.3 is 0 Å². The molecular weight excluding hydrogens is 376 g/mol. The van der Waals surface area contributed by atoms with E-state index in [1.54, 1.807) is 0 Å². The lowest BCUT2D eigenvalue weighted by atomic mass is 9.72. The Bertz CT molecular complexity index is 783. The van der Waals surface area contributed by atoms with Crippen molar-refractivity contribution in [2.24, 2.45) is 0 Å². The standard InChI is InChI=1S/C25H38N2OS/c1-5-27(14-6-7-16-28)15-12-19(2)24-26-23(18-29-24)21-10-11-22-20(17-21)9-8-13-25(22,3)4/h10-11,17-19,28H,5-9,12-16H2,1-4H3. The average molecular weight is 415 g/mol. The number of fused-ring (bicyclic) bond motifs is 1. The summed E-state index contributed by atoms with van der Waals surface area (Å²) in [7, 11) is 0. The van der Waals surface area contributed by atoms with Crippen LogP contribution in [-0.4, -0.2) is 41.2 Å². The first-order chi connectivity index (χ1) is 13.9. The molecule has 0 aliphatic heterocycles. The van der Waals surface area contributed by atoms with Gasteiger partial charge in [-0.25, -0.2) is 4.98 Å². The molecule has 1 unspecified atom stereocenters. The Hall–Kier alpha value is -1.23. The molecule has 29 heavy (non-hydrogen) atoms. The molecule has 2 aromatic rings. The molecule has 0 fully saturated rings. The number of unbranched alkanes of at least 4 members (excludes halogenated alkanes) is 1. The first-order valence-corrected chi connectivity index (χ1v) is 12.2. The third-order valence-electron chi connectivity index (χ3n) is 6.53. The van der Waals surface area contributed by atoms with Crippen LogP contribution >= 0.6 is 11.3 Å². The van der Waals surface area contributed by atoms with E-state index in [0.717, 1.165) is 44.6 Å². The van der Waals surface area contributed by atoms with Crippen molar-refractivity contribution in [3.05, 3.63) is 39.7 Å². The van der Waals surface area contributed by atoms with Crippen LogP contribution < -0.4 is 0 Å². The zero-order chi connectivity index (χ0) is 20.9. The zero-order valence-electron chi connectivity index (χ0n) is 18.7. The molecule has 1 aromatic heterocycles. The lowest BCUT2D eigenvalue weighted by Crippen LogP contribution is -2.26. The lowest BCUT2D eigenvalue weighted by molar-refractivity contribution is 0.243. The van der Waals surface area contributed by atoms with Crippen LogP contribution in [0.4, 0.5) is 0 Å². The van der Waals surface area contributed by atoms with E-state index in [-0.39, 0.29) is 0 Å². The van der Waals surface area contributed by atoms with Gasteiger partial charge in [0.2, 0.25) is 0 Å². The van der Waals surface area contributed by atoms with Gasteiger partial charge in [-0.3, -0.25) is 0 Å². The van der Waals surface area contributed by atoms with Crippen LogP contribution in [0.15, 0.2) is 23.6 Å². The highest BCUT2D eigenvalue weighted by molar-refractivity contribution is 7.10. The molecule has 1 N–H and O–H groups in total. The molecule has 1 aliphatic rings. The molecule has 0 saturated heterocycles. The maximum absolute atomic E-state index is 8.98. The molecule has 0 saturated carbocycles. The number of aryl methyl sites for hydroxylation is 1. The largest absolute Gasteiger partial charge is 0.396 e. The molecule has 0 amide bonds. The zero-order valence-corrected chi connectivity index (χ0v) is 19.5. The fourth-order valence-corrected chi connectivity index (χ4v) is 5.42. The van der Waals surface area contributed by atoms with Gasteiger partial charge in [0.15, 0.2) is 0 Å². The molecular formula is C25H38N2OS. The van der Waals surface area contributed by atoms with E-state index < -0.39 is 0 Å². The van der Waals surface area contributed by atoms with Crippen molar-refractivity contribution in [2.45, 2.75) is 77.6 Å². The van der Waals surface area contributed by atoms with Gasteiger partial charge in [-0.1, -0.05) is 39.8 Å². The smallest absolute Gasteiger partial charge is 0.0961 e. The number of aromatic nitrogens is 1. The van der Waals surface area contributed by atoms with Crippen molar-refractivity contribution < 1.29 is 5.11 Å². The van der Waals surface area contributed by atoms with Crippen molar-refractivity contribution in [3.63, 3.8) is 0 Å². The molecule has 1 atom stereocenters. The molecule has 3 nitrogen and oxygen atoms in total. The average Bonchev–Trinajstić information content (AvgIpc) is 3.20. The molecule has 3 rings (SSSR count). The summed E-state index contributed by atoms with van der Waals surface area (Å²) in [4.78, 5) is 7.50. The van der Waals surface area contributed by atoms with Crippen LogP contribution in [0.1, 0.15) is 81.9 Å². The van der Waals surface area contributed by atoms with Crippen molar-refractivity contribution in [3.8, 4) is 11.3 Å². The molecule has 0 radical (unpaired) electrons. The van der Waals surface area contributed by atoms with Crippen molar-refractivity contribution >= 4 is 11.3 Å². The summed E-state index contributed by atoms with van der Waals surface area (Å²) in [5, 5.41) is 12.5. The third-order valence-corrected chi connectivity index (χ3v) is 7.61. The van der Waals surface area contributed by atoms with E-state index in [9.17, 15) is 0 Å². The summed E-state index contributed by atoms with van der Waals surface area (Å²) in [6.07, 6.45) is 6.89. The van der Waals surface area contributed by atoms with Crippen LogP contribution in [-0.2, 0) is 11.8 Å². The number of benzene rings is 1. The summed E-state index contributed by atoms with van der Waals surface area (Å²) < 4.78 is 0. The number of thiazole rings is 1. The van der Waals surface area contributed by atoms with Crippen molar-refractivity contribution in [1.82, 2.24) is 9.88 Å². The van der Waals surface area contributed by atoms with Gasteiger partial charge in [-0.05, 0) is 80.8 Å². The molecule has 4 heteroatoms. The minimum Gasteiger partial charge on any atom is -0.396 e. The number of aliphatic hydroxyl groups excluding tert-OH is 1. The SMILES string of the molecule is CCN(CCCCO)CCC(C)c1nc(-c2ccc3c(c2)CCCC3(C)C)cs1. The van der Waals surface area contributed by atoms with E-state index in [0.29, 0.717) is 17.9 Å². The van der Waals surface area contributed by atoms with Gasteiger partial charge in [0.05, 0.1) is 10.7 Å². The summed E-state index contributed by atoms with van der Waals surface area (Å²) in [6, 6.07) is 7.01. The normalized spacial score (nSPS) is 16.8. The number of aliphatic hydroxyl groups is 1. The van der Waals surface area contributed by atoms with Gasteiger partial charge in [0.25, 0.3) is 0 Å². The molecule has 0 spiro atoms. The number of nitrogens with zero attached hydrogens (tertiary/aromatic N) is 2. The van der Waals surface area contributed by atoms with E-state index >= 15 is 0 Å². The predicted octanol–water partition coefficient (Wildman–Crippen LogP) is 6.01. The quantitative estimate of drug-likeness (QED) is 0.484. The molecule has 0 bridgehead atoms. The number of hydrogen-bond donors (Lipinski definition) is 1. The van der Waals surface area contributed by atoms with Gasteiger partial charge in [-0.2, -0.15) is 0 Å². The Morgan fingerprint density at radius 3 is 2.83 bits per heavy atom. The minimum absolute atomic E-state index is 0.302. The van der Waals surface area contributed by atoms with Crippen LogP contribution in [0.3, 0.4) is 0 Å². The summed E-state index contributed by atoms with van der Waals surface area (Å²) in [6.45, 7) is 12.8. The third kappa shape index (κ3) is 5.68. The van der Waals surface area contributed by atoms with Crippen molar-refractivity contribution in [2.75, 3.05) is 26.2 Å². The fourth-order valence-electron chi connectivity index (χ4n) is 4.50. The summed E-state index contributed by atoms with van der Waals surface area (Å²) in [5.41, 5.74) is 5.75. The van der Waals surface area contributed by atoms with Crippen LogP contribution in [0.5, 0.6) is 0 Å². The molecule has 1 aliphatic carbocycles. The maximum atomic E-state index is 8.98. The second-order valence-electron chi connectivity index (χ2n) is 9.24. The second kappa shape index (κ2) is 10.2. The highest BCUT2D eigenvalue weighted by Crippen LogP contribution is 2.38. The molecule has 160 valence electrons. The van der Waals surface area contributed by atoms with Crippen LogP contribution in [0.2, 0.25) is 0 Å². The Morgan fingerprint density at radius 2 is 2.07 bits per heavy atom. The Balaban J connectivity index is 1.63. The van der Waals surface area contributed by atoms with Crippen LogP contribution in [0.25, 0.3) is 11.3 Å². The van der Waals surface area contributed by atoms with Gasteiger partial charge in [-0.15, -0.1) is 11.3 Å². The predicted molar refractivity (Wildman–Crippen MR) is 125 cm³/mol. The summed E-state index contributed by atoms with van der Waals surface area (Å²) >= 11 is 1.81. The van der Waals surface area contributed by atoms with E-state index in [4.69, 9.17) is 10.1 Å².